The zero-order valence-corrected chi connectivity index (χ0v) is 14.9. The fraction of sp³-hybridized carbons (Fsp3) is 0.278. The monoisotopic (exact) mass is 346 g/mol. The highest BCUT2D eigenvalue weighted by molar-refractivity contribution is 7.89. The first kappa shape index (κ1) is 18.2. The lowest BCUT2D eigenvalue weighted by Gasteiger charge is -2.10. The maximum absolute atomic E-state index is 12.3. The third-order valence-electron chi connectivity index (χ3n) is 3.60. The first-order chi connectivity index (χ1) is 11.3. The van der Waals surface area contributed by atoms with Crippen molar-refractivity contribution in [3.05, 3.63) is 59.2 Å². The number of rotatable bonds is 6. The first-order valence-electron chi connectivity index (χ1n) is 7.71. The molecule has 0 unspecified atom stereocenters. The van der Waals surface area contributed by atoms with E-state index in [9.17, 15) is 13.2 Å². The van der Waals surface area contributed by atoms with E-state index < -0.39 is 10.0 Å². The lowest BCUT2D eigenvalue weighted by atomic mass is 10.2. The number of carbonyl (C=O) groups is 1. The minimum atomic E-state index is -3.61. The summed E-state index contributed by atoms with van der Waals surface area (Å²) in [5, 5.41) is 2.74. The zero-order chi connectivity index (χ0) is 17.7. The van der Waals surface area contributed by atoms with Crippen LogP contribution < -0.4 is 10.0 Å². The number of aryl methyl sites for hydroxylation is 3. The van der Waals surface area contributed by atoms with E-state index in [2.05, 4.69) is 10.0 Å². The molecule has 0 spiro atoms. The molecular weight excluding hydrogens is 324 g/mol. The summed E-state index contributed by atoms with van der Waals surface area (Å²) < 4.78 is 27.1. The van der Waals surface area contributed by atoms with Crippen LogP contribution in [0.4, 0.5) is 5.69 Å². The number of nitrogens with one attached hydrogen (secondary N) is 2. The van der Waals surface area contributed by atoms with Gasteiger partial charge in [0.2, 0.25) is 15.9 Å². The van der Waals surface area contributed by atoms with Crippen LogP contribution in [-0.4, -0.2) is 20.9 Å². The molecule has 0 radical (unpaired) electrons. The molecule has 0 atom stereocenters. The van der Waals surface area contributed by atoms with E-state index in [1.165, 1.54) is 0 Å². The molecule has 0 aliphatic carbocycles. The molecule has 0 bridgehead atoms. The summed E-state index contributed by atoms with van der Waals surface area (Å²) >= 11 is 0. The van der Waals surface area contributed by atoms with E-state index in [1.54, 1.807) is 19.1 Å². The molecule has 0 heterocycles. The SMILES string of the molecule is Cc1ccc(NC(=O)CCNS(=O)(=O)c2ccc(C)cc2C)cc1. The van der Waals surface area contributed by atoms with Crippen LogP contribution in [0.1, 0.15) is 23.1 Å². The number of hydrogen-bond donors (Lipinski definition) is 2. The van der Waals surface area contributed by atoms with E-state index in [-0.39, 0.29) is 23.8 Å². The maximum atomic E-state index is 12.3. The molecule has 2 aromatic rings. The smallest absolute Gasteiger partial charge is 0.240 e. The molecule has 0 aromatic heterocycles. The summed E-state index contributed by atoms with van der Waals surface area (Å²) in [6.45, 7) is 5.68. The molecule has 2 aromatic carbocycles. The Kier molecular flexibility index (Phi) is 5.75. The summed E-state index contributed by atoms with van der Waals surface area (Å²) in [7, 11) is -3.61. The van der Waals surface area contributed by atoms with Crippen molar-refractivity contribution in [1.82, 2.24) is 4.72 Å². The quantitative estimate of drug-likeness (QED) is 0.844. The number of carbonyl (C=O) groups excluding carboxylic acids is 1. The largest absolute Gasteiger partial charge is 0.326 e. The Morgan fingerprint density at radius 2 is 1.58 bits per heavy atom. The molecule has 6 heteroatoms. The highest BCUT2D eigenvalue weighted by atomic mass is 32.2. The molecule has 2 rings (SSSR count). The van der Waals surface area contributed by atoms with Gasteiger partial charge >= 0.3 is 0 Å². The highest BCUT2D eigenvalue weighted by Gasteiger charge is 2.16. The van der Waals surface area contributed by atoms with E-state index >= 15 is 0 Å². The van der Waals surface area contributed by atoms with Crippen LogP contribution in [-0.2, 0) is 14.8 Å². The Morgan fingerprint density at radius 1 is 0.958 bits per heavy atom. The molecule has 5 nitrogen and oxygen atoms in total. The zero-order valence-electron chi connectivity index (χ0n) is 14.1. The lowest BCUT2D eigenvalue weighted by Crippen LogP contribution is -2.28. The van der Waals surface area contributed by atoms with Crippen LogP contribution in [0, 0.1) is 20.8 Å². The van der Waals surface area contributed by atoms with E-state index in [4.69, 9.17) is 0 Å². The van der Waals surface area contributed by atoms with Gasteiger partial charge in [0.05, 0.1) is 4.90 Å². The summed E-state index contributed by atoms with van der Waals surface area (Å²) in [5.41, 5.74) is 3.49. The fourth-order valence-corrected chi connectivity index (χ4v) is 3.59. The van der Waals surface area contributed by atoms with Crippen LogP contribution in [0.3, 0.4) is 0 Å². The van der Waals surface area contributed by atoms with Gasteiger partial charge in [0.25, 0.3) is 0 Å². The number of hydrogen-bond acceptors (Lipinski definition) is 3. The van der Waals surface area contributed by atoms with Crippen molar-refractivity contribution in [2.45, 2.75) is 32.1 Å². The molecule has 128 valence electrons. The van der Waals surface area contributed by atoms with Crippen LogP contribution in [0.2, 0.25) is 0 Å². The third kappa shape index (κ3) is 4.91. The second kappa shape index (κ2) is 7.59. The molecule has 0 saturated carbocycles. The number of amides is 1. The second-order valence-electron chi connectivity index (χ2n) is 5.83. The predicted molar refractivity (Wildman–Crippen MR) is 95.5 cm³/mol. The van der Waals surface area contributed by atoms with Gasteiger partial charge in [-0.3, -0.25) is 4.79 Å². The fourth-order valence-electron chi connectivity index (χ4n) is 2.34. The van der Waals surface area contributed by atoms with Crippen molar-refractivity contribution in [2.24, 2.45) is 0 Å². The minimum Gasteiger partial charge on any atom is -0.326 e. The summed E-state index contributed by atoms with van der Waals surface area (Å²) in [5.74, 6) is -0.234. The van der Waals surface area contributed by atoms with Crippen molar-refractivity contribution in [2.75, 3.05) is 11.9 Å². The molecular formula is C18H22N2O3S. The summed E-state index contributed by atoms with van der Waals surface area (Å²) in [6, 6.07) is 12.6. The van der Waals surface area contributed by atoms with Gasteiger partial charge in [-0.05, 0) is 44.5 Å². The average molecular weight is 346 g/mol. The van der Waals surface area contributed by atoms with Gasteiger partial charge in [-0.25, -0.2) is 13.1 Å². The molecule has 2 N–H and O–H groups in total. The Hall–Kier alpha value is -2.18. The molecule has 0 fully saturated rings. The Bertz CT molecular complexity index is 828. The number of benzene rings is 2. The molecule has 24 heavy (non-hydrogen) atoms. The van der Waals surface area contributed by atoms with Crippen molar-refractivity contribution in [3.8, 4) is 0 Å². The van der Waals surface area contributed by atoms with E-state index in [0.29, 0.717) is 11.3 Å². The lowest BCUT2D eigenvalue weighted by molar-refractivity contribution is -0.116. The Balaban J connectivity index is 1.90. The maximum Gasteiger partial charge on any atom is 0.240 e. The van der Waals surface area contributed by atoms with Crippen LogP contribution in [0.5, 0.6) is 0 Å². The summed E-state index contributed by atoms with van der Waals surface area (Å²) in [4.78, 5) is 12.1. The molecule has 0 aliphatic rings. The van der Waals surface area contributed by atoms with E-state index in [0.717, 1.165) is 11.1 Å². The normalized spacial score (nSPS) is 11.3. The molecule has 1 amide bonds. The highest BCUT2D eigenvalue weighted by Crippen LogP contribution is 2.16. The molecule has 0 saturated heterocycles. The van der Waals surface area contributed by atoms with Gasteiger partial charge in [-0.1, -0.05) is 35.4 Å². The van der Waals surface area contributed by atoms with Gasteiger partial charge in [-0.15, -0.1) is 0 Å². The van der Waals surface area contributed by atoms with Crippen LogP contribution in [0.15, 0.2) is 47.4 Å². The van der Waals surface area contributed by atoms with Crippen LogP contribution >= 0.6 is 0 Å². The predicted octanol–water partition coefficient (Wildman–Crippen LogP) is 2.92. The average Bonchev–Trinajstić information content (AvgIpc) is 2.49. The van der Waals surface area contributed by atoms with Crippen molar-refractivity contribution >= 4 is 21.6 Å². The minimum absolute atomic E-state index is 0.0490. The van der Waals surface area contributed by atoms with Crippen molar-refractivity contribution in [3.63, 3.8) is 0 Å². The van der Waals surface area contributed by atoms with Crippen molar-refractivity contribution < 1.29 is 13.2 Å². The Morgan fingerprint density at radius 3 is 2.21 bits per heavy atom. The van der Waals surface area contributed by atoms with Gasteiger partial charge in [0, 0.05) is 18.7 Å². The van der Waals surface area contributed by atoms with E-state index in [1.807, 2.05) is 44.2 Å². The number of sulfonamides is 1. The van der Waals surface area contributed by atoms with Gasteiger partial charge < -0.3 is 5.32 Å². The second-order valence-corrected chi connectivity index (χ2v) is 7.57. The Labute approximate surface area is 143 Å². The number of anilines is 1. The van der Waals surface area contributed by atoms with Crippen LogP contribution in [0.25, 0.3) is 0 Å². The standard InChI is InChI=1S/C18H22N2O3S/c1-13-4-7-16(8-5-13)20-18(21)10-11-19-24(22,23)17-9-6-14(2)12-15(17)3/h4-9,12,19H,10-11H2,1-3H3,(H,20,21). The topological polar surface area (TPSA) is 75.3 Å². The van der Waals surface area contributed by atoms with Gasteiger partial charge in [-0.2, -0.15) is 0 Å². The molecule has 0 aliphatic heterocycles. The first-order valence-corrected chi connectivity index (χ1v) is 9.20. The van der Waals surface area contributed by atoms with Crippen molar-refractivity contribution in [1.29, 1.82) is 0 Å². The van der Waals surface area contributed by atoms with Gasteiger partial charge in [0.15, 0.2) is 0 Å². The third-order valence-corrected chi connectivity index (χ3v) is 5.22. The van der Waals surface area contributed by atoms with Gasteiger partial charge in [0.1, 0.15) is 0 Å². The summed E-state index contributed by atoms with van der Waals surface area (Å²) in [6.07, 6.45) is 0.0675.